The lowest BCUT2D eigenvalue weighted by Crippen LogP contribution is -2.06. The molecule has 0 fully saturated rings. The van der Waals surface area contributed by atoms with E-state index >= 15 is 0 Å². The molecular weight excluding hydrogens is 148 g/mol. The van der Waals surface area contributed by atoms with Crippen LogP contribution in [0.2, 0.25) is 0 Å². The smallest absolute Gasteiger partial charge is 0.166 e. The number of ketones is 1. The highest BCUT2D eigenvalue weighted by molar-refractivity contribution is 6.02. The number of carbonyl (C=O) groups is 1. The van der Waals surface area contributed by atoms with Gasteiger partial charge in [-0.15, -0.1) is 0 Å². The van der Waals surface area contributed by atoms with Gasteiger partial charge in [0.2, 0.25) is 0 Å². The zero-order valence-corrected chi connectivity index (χ0v) is 7.37. The van der Waals surface area contributed by atoms with Gasteiger partial charge in [0, 0.05) is 11.5 Å². The average Bonchev–Trinajstić information content (AvgIpc) is 2.33. The summed E-state index contributed by atoms with van der Waals surface area (Å²) >= 11 is 0. The predicted octanol–water partition coefficient (Wildman–Crippen LogP) is 2.62. The van der Waals surface area contributed by atoms with Gasteiger partial charge in [0.05, 0.1) is 0 Å². The summed E-state index contributed by atoms with van der Waals surface area (Å²) in [7, 11) is 0. The Morgan fingerprint density at radius 3 is 2.42 bits per heavy atom. The Morgan fingerprint density at radius 2 is 1.75 bits per heavy atom. The maximum Gasteiger partial charge on any atom is 0.166 e. The molecule has 0 heterocycles. The van der Waals surface area contributed by atoms with Crippen LogP contribution in [-0.4, -0.2) is 5.78 Å². The first kappa shape index (κ1) is 7.53. The van der Waals surface area contributed by atoms with Gasteiger partial charge in [0.25, 0.3) is 0 Å². The van der Waals surface area contributed by atoms with E-state index in [0.717, 1.165) is 5.56 Å². The van der Waals surface area contributed by atoms with Crippen LogP contribution in [0, 0.1) is 5.92 Å². The van der Waals surface area contributed by atoms with Crippen LogP contribution in [0.15, 0.2) is 24.3 Å². The van der Waals surface area contributed by atoms with Gasteiger partial charge >= 0.3 is 0 Å². The molecule has 2 atom stereocenters. The van der Waals surface area contributed by atoms with Crippen molar-refractivity contribution in [1.29, 1.82) is 0 Å². The summed E-state index contributed by atoms with van der Waals surface area (Å²) in [5.74, 6) is 0.870. The van der Waals surface area contributed by atoms with Crippen LogP contribution in [0.4, 0.5) is 0 Å². The Morgan fingerprint density at radius 1 is 1.08 bits per heavy atom. The summed E-state index contributed by atoms with van der Waals surface area (Å²) in [6.45, 7) is 4.13. The lowest BCUT2D eigenvalue weighted by Gasteiger charge is -2.06. The lowest BCUT2D eigenvalue weighted by molar-refractivity contribution is 0.0937. The van der Waals surface area contributed by atoms with Gasteiger partial charge in [-0.3, -0.25) is 4.79 Å². The summed E-state index contributed by atoms with van der Waals surface area (Å²) in [5.41, 5.74) is 2.15. The molecule has 0 radical (unpaired) electrons. The summed E-state index contributed by atoms with van der Waals surface area (Å²) in [4.78, 5) is 11.6. The third-order valence-electron chi connectivity index (χ3n) is 2.88. The van der Waals surface area contributed by atoms with Gasteiger partial charge in [0.15, 0.2) is 5.78 Å². The molecule has 0 amide bonds. The molecular formula is C11H12O. The molecule has 0 saturated carbocycles. The van der Waals surface area contributed by atoms with Crippen molar-refractivity contribution in [2.75, 3.05) is 0 Å². The lowest BCUT2D eigenvalue weighted by atomic mass is 9.96. The Kier molecular flexibility index (Phi) is 1.53. The zero-order chi connectivity index (χ0) is 8.72. The fourth-order valence-electron chi connectivity index (χ4n) is 1.86. The monoisotopic (exact) mass is 160 g/mol. The third kappa shape index (κ3) is 0.826. The molecule has 1 aliphatic rings. The first-order chi connectivity index (χ1) is 5.72. The standard InChI is InChI=1S/C11H12O/c1-7-8(2)11(12)10-6-4-3-5-9(7)10/h3-8H,1-2H3. The summed E-state index contributed by atoms with van der Waals surface area (Å²) < 4.78 is 0. The first-order valence-corrected chi connectivity index (χ1v) is 4.35. The van der Waals surface area contributed by atoms with E-state index in [9.17, 15) is 4.79 Å². The molecule has 1 nitrogen and oxygen atoms in total. The van der Waals surface area contributed by atoms with Crippen LogP contribution >= 0.6 is 0 Å². The molecule has 0 spiro atoms. The normalized spacial score (nSPS) is 27.3. The molecule has 0 N–H and O–H groups in total. The van der Waals surface area contributed by atoms with Gasteiger partial charge in [-0.05, 0) is 11.5 Å². The number of rotatable bonds is 0. The van der Waals surface area contributed by atoms with E-state index in [1.54, 1.807) is 0 Å². The highest BCUT2D eigenvalue weighted by atomic mass is 16.1. The Hall–Kier alpha value is -1.11. The van der Waals surface area contributed by atoms with Crippen molar-refractivity contribution in [3.63, 3.8) is 0 Å². The molecule has 1 aromatic rings. The van der Waals surface area contributed by atoms with Gasteiger partial charge in [0.1, 0.15) is 0 Å². The second kappa shape index (κ2) is 2.44. The van der Waals surface area contributed by atoms with Gasteiger partial charge in [-0.2, -0.15) is 0 Å². The summed E-state index contributed by atoms with van der Waals surface area (Å²) in [5, 5.41) is 0. The maximum absolute atomic E-state index is 11.6. The van der Waals surface area contributed by atoms with Crippen LogP contribution < -0.4 is 0 Å². The quantitative estimate of drug-likeness (QED) is 0.570. The van der Waals surface area contributed by atoms with E-state index in [1.807, 2.05) is 25.1 Å². The molecule has 0 saturated heterocycles. The van der Waals surface area contributed by atoms with Crippen LogP contribution in [0.1, 0.15) is 35.7 Å². The SMILES string of the molecule is CC1C(=O)c2ccccc2C1C. The van der Waals surface area contributed by atoms with Crippen molar-refractivity contribution in [1.82, 2.24) is 0 Å². The van der Waals surface area contributed by atoms with E-state index in [4.69, 9.17) is 0 Å². The minimum absolute atomic E-state index is 0.169. The zero-order valence-electron chi connectivity index (χ0n) is 7.37. The van der Waals surface area contributed by atoms with E-state index < -0.39 is 0 Å². The molecule has 0 aromatic heterocycles. The van der Waals surface area contributed by atoms with Gasteiger partial charge < -0.3 is 0 Å². The van der Waals surface area contributed by atoms with Gasteiger partial charge in [-0.25, -0.2) is 0 Å². The molecule has 2 unspecified atom stereocenters. The van der Waals surface area contributed by atoms with Crippen LogP contribution in [-0.2, 0) is 0 Å². The molecule has 0 aliphatic heterocycles. The second-order valence-corrected chi connectivity index (χ2v) is 3.53. The molecule has 12 heavy (non-hydrogen) atoms. The van der Waals surface area contributed by atoms with Crippen molar-refractivity contribution in [3.05, 3.63) is 35.4 Å². The van der Waals surface area contributed by atoms with E-state index in [1.165, 1.54) is 5.56 Å². The summed E-state index contributed by atoms with van der Waals surface area (Å²) in [6, 6.07) is 7.92. The van der Waals surface area contributed by atoms with Crippen molar-refractivity contribution in [2.45, 2.75) is 19.8 Å². The molecule has 1 heteroatoms. The molecule has 0 bridgehead atoms. The molecule has 1 aliphatic carbocycles. The topological polar surface area (TPSA) is 17.1 Å². The minimum Gasteiger partial charge on any atom is -0.294 e. The Balaban J connectivity index is 2.59. The van der Waals surface area contributed by atoms with Crippen LogP contribution in [0.3, 0.4) is 0 Å². The number of Topliss-reactive ketones (excluding diaryl/α,β-unsaturated/α-hetero) is 1. The molecule has 62 valence electrons. The third-order valence-corrected chi connectivity index (χ3v) is 2.88. The van der Waals surface area contributed by atoms with Crippen molar-refractivity contribution in [3.8, 4) is 0 Å². The highest BCUT2D eigenvalue weighted by Gasteiger charge is 2.32. The Labute approximate surface area is 72.4 Å². The van der Waals surface area contributed by atoms with Gasteiger partial charge in [-0.1, -0.05) is 38.1 Å². The summed E-state index contributed by atoms with van der Waals surface area (Å²) in [6.07, 6.45) is 0. The minimum atomic E-state index is 0.169. The van der Waals surface area contributed by atoms with Crippen molar-refractivity contribution >= 4 is 5.78 Å². The number of benzene rings is 1. The molecule has 1 aromatic carbocycles. The Bertz CT molecular complexity index is 328. The predicted molar refractivity (Wildman–Crippen MR) is 48.4 cm³/mol. The second-order valence-electron chi connectivity index (χ2n) is 3.53. The van der Waals surface area contributed by atoms with E-state index in [-0.39, 0.29) is 5.92 Å². The number of fused-ring (bicyclic) bond motifs is 1. The maximum atomic E-state index is 11.6. The average molecular weight is 160 g/mol. The van der Waals surface area contributed by atoms with E-state index in [2.05, 4.69) is 13.0 Å². The molecule has 2 rings (SSSR count). The van der Waals surface area contributed by atoms with Crippen LogP contribution in [0.25, 0.3) is 0 Å². The fraction of sp³-hybridized carbons (Fsp3) is 0.364. The van der Waals surface area contributed by atoms with Crippen molar-refractivity contribution in [2.24, 2.45) is 5.92 Å². The number of hydrogen-bond donors (Lipinski definition) is 0. The van der Waals surface area contributed by atoms with E-state index in [0.29, 0.717) is 11.7 Å². The first-order valence-electron chi connectivity index (χ1n) is 4.35. The van der Waals surface area contributed by atoms with Crippen molar-refractivity contribution < 1.29 is 4.79 Å². The number of hydrogen-bond acceptors (Lipinski definition) is 1. The van der Waals surface area contributed by atoms with Crippen LogP contribution in [0.5, 0.6) is 0 Å². The fourth-order valence-corrected chi connectivity index (χ4v) is 1.86. The number of carbonyl (C=O) groups excluding carboxylic acids is 1. The highest BCUT2D eigenvalue weighted by Crippen LogP contribution is 2.36. The largest absolute Gasteiger partial charge is 0.294 e.